The first-order chi connectivity index (χ1) is 9.31. The lowest BCUT2D eigenvalue weighted by atomic mass is 10.3. The predicted octanol–water partition coefficient (Wildman–Crippen LogP) is 4.00. The Labute approximate surface area is 131 Å². The molecule has 0 aliphatic rings. The van der Waals surface area contributed by atoms with Crippen molar-refractivity contribution in [1.82, 2.24) is 0 Å². The standard InChI is InChI=1S/C12H8Cl3NO3S/c13-7-3-1-2-4-11(7)19-20(17,18)12-6-8(14)10(16)5-9(12)15/h1-6H,16H2. The van der Waals surface area contributed by atoms with Crippen LogP contribution in [0.2, 0.25) is 15.1 Å². The number of para-hydroxylation sites is 1. The molecule has 2 N–H and O–H groups in total. The summed E-state index contributed by atoms with van der Waals surface area (Å²) in [6, 6.07) is 8.54. The summed E-state index contributed by atoms with van der Waals surface area (Å²) in [6.07, 6.45) is 0. The number of anilines is 1. The van der Waals surface area contributed by atoms with Gasteiger partial charge in [-0.2, -0.15) is 8.42 Å². The van der Waals surface area contributed by atoms with Crippen LogP contribution in [0, 0.1) is 0 Å². The highest BCUT2D eigenvalue weighted by Crippen LogP contribution is 2.33. The van der Waals surface area contributed by atoms with E-state index >= 15 is 0 Å². The first kappa shape index (κ1) is 15.3. The van der Waals surface area contributed by atoms with E-state index in [2.05, 4.69) is 0 Å². The fraction of sp³-hybridized carbons (Fsp3) is 0. The average Bonchev–Trinajstić information content (AvgIpc) is 2.36. The lowest BCUT2D eigenvalue weighted by Gasteiger charge is -2.10. The second-order valence-electron chi connectivity index (χ2n) is 3.77. The van der Waals surface area contributed by atoms with E-state index in [4.69, 9.17) is 44.7 Å². The zero-order valence-electron chi connectivity index (χ0n) is 9.81. The van der Waals surface area contributed by atoms with E-state index in [0.717, 1.165) is 6.07 Å². The number of hydrogen-bond donors (Lipinski definition) is 1. The van der Waals surface area contributed by atoms with E-state index in [0.29, 0.717) is 0 Å². The van der Waals surface area contributed by atoms with Crippen LogP contribution >= 0.6 is 34.8 Å². The third-order valence-electron chi connectivity index (χ3n) is 2.36. The molecule has 106 valence electrons. The highest BCUT2D eigenvalue weighted by Gasteiger charge is 2.23. The Balaban J connectivity index is 2.47. The fourth-order valence-electron chi connectivity index (χ4n) is 1.41. The summed E-state index contributed by atoms with van der Waals surface area (Å²) in [7, 11) is -4.16. The minimum Gasteiger partial charge on any atom is -0.397 e. The minimum atomic E-state index is -4.16. The molecular weight excluding hydrogens is 345 g/mol. The van der Waals surface area contributed by atoms with Crippen LogP contribution in [0.15, 0.2) is 41.3 Å². The van der Waals surface area contributed by atoms with Crippen molar-refractivity contribution in [3.05, 3.63) is 51.5 Å². The zero-order chi connectivity index (χ0) is 14.9. The van der Waals surface area contributed by atoms with E-state index in [9.17, 15) is 8.42 Å². The van der Waals surface area contributed by atoms with Gasteiger partial charge < -0.3 is 9.92 Å². The van der Waals surface area contributed by atoms with Crippen LogP contribution < -0.4 is 9.92 Å². The molecule has 0 saturated carbocycles. The molecule has 0 aliphatic heterocycles. The van der Waals surface area contributed by atoms with Gasteiger partial charge in [0.1, 0.15) is 4.90 Å². The maximum atomic E-state index is 12.2. The Bertz CT molecular complexity index is 763. The maximum absolute atomic E-state index is 12.2. The van der Waals surface area contributed by atoms with Crippen molar-refractivity contribution in [2.24, 2.45) is 0 Å². The van der Waals surface area contributed by atoms with Crippen molar-refractivity contribution in [2.75, 3.05) is 5.73 Å². The summed E-state index contributed by atoms with van der Waals surface area (Å²) in [4.78, 5) is -0.279. The Kier molecular flexibility index (Phi) is 4.34. The lowest BCUT2D eigenvalue weighted by molar-refractivity contribution is 0.486. The van der Waals surface area contributed by atoms with Gasteiger partial charge in [0.15, 0.2) is 5.75 Å². The van der Waals surface area contributed by atoms with Gasteiger partial charge in [-0.1, -0.05) is 46.9 Å². The minimum absolute atomic E-state index is 0.00168. The van der Waals surface area contributed by atoms with Crippen molar-refractivity contribution in [3.63, 3.8) is 0 Å². The molecule has 0 radical (unpaired) electrons. The summed E-state index contributed by atoms with van der Waals surface area (Å²) in [5, 5.41) is 0.142. The van der Waals surface area contributed by atoms with Gasteiger partial charge in [0.05, 0.1) is 20.8 Å². The highest BCUT2D eigenvalue weighted by atomic mass is 35.5. The van der Waals surface area contributed by atoms with Gasteiger partial charge in [-0.25, -0.2) is 0 Å². The molecule has 0 amide bonds. The van der Waals surface area contributed by atoms with Crippen LogP contribution in [0.5, 0.6) is 5.75 Å². The summed E-state index contributed by atoms with van der Waals surface area (Å²) in [5.41, 5.74) is 5.71. The van der Waals surface area contributed by atoms with E-state index in [1.807, 2.05) is 0 Å². The molecule has 0 atom stereocenters. The van der Waals surface area contributed by atoms with Crippen molar-refractivity contribution in [3.8, 4) is 5.75 Å². The van der Waals surface area contributed by atoms with Crippen LogP contribution in [-0.2, 0) is 10.1 Å². The number of hydrogen-bond acceptors (Lipinski definition) is 4. The van der Waals surface area contributed by atoms with E-state index in [1.165, 1.54) is 18.2 Å². The molecule has 0 fully saturated rings. The molecule has 2 aromatic carbocycles. The van der Waals surface area contributed by atoms with Crippen LogP contribution in [0.4, 0.5) is 5.69 Å². The third kappa shape index (κ3) is 3.12. The molecule has 0 bridgehead atoms. The van der Waals surface area contributed by atoms with Crippen LogP contribution in [0.3, 0.4) is 0 Å². The van der Waals surface area contributed by atoms with Gasteiger partial charge in [-0.05, 0) is 24.3 Å². The number of halogens is 3. The molecule has 0 heterocycles. The monoisotopic (exact) mass is 351 g/mol. The molecule has 0 saturated heterocycles. The molecule has 8 heteroatoms. The normalized spacial score (nSPS) is 11.3. The summed E-state index contributed by atoms with van der Waals surface area (Å²) < 4.78 is 29.3. The molecule has 0 aromatic heterocycles. The molecule has 2 rings (SSSR count). The van der Waals surface area contributed by atoms with E-state index in [-0.39, 0.29) is 31.4 Å². The molecule has 0 aliphatic carbocycles. The Morgan fingerprint density at radius 1 is 0.950 bits per heavy atom. The summed E-state index contributed by atoms with van der Waals surface area (Å²) >= 11 is 17.5. The smallest absolute Gasteiger partial charge is 0.340 e. The molecule has 20 heavy (non-hydrogen) atoms. The van der Waals surface area contributed by atoms with Gasteiger partial charge in [0.25, 0.3) is 0 Å². The summed E-state index contributed by atoms with van der Waals surface area (Å²) in [6.45, 7) is 0. The van der Waals surface area contributed by atoms with Crippen molar-refractivity contribution in [2.45, 2.75) is 4.90 Å². The largest absolute Gasteiger partial charge is 0.397 e. The molecule has 2 aromatic rings. The van der Waals surface area contributed by atoms with Crippen LogP contribution in [0.1, 0.15) is 0 Å². The number of rotatable bonds is 3. The second kappa shape index (κ2) is 5.69. The maximum Gasteiger partial charge on any atom is 0.340 e. The second-order valence-corrected chi connectivity index (χ2v) is 6.51. The third-order valence-corrected chi connectivity index (χ3v) is 4.70. The van der Waals surface area contributed by atoms with Crippen molar-refractivity contribution < 1.29 is 12.6 Å². The van der Waals surface area contributed by atoms with Gasteiger partial charge in [0.2, 0.25) is 0 Å². The number of nitrogens with two attached hydrogens (primary N) is 1. The van der Waals surface area contributed by atoms with Gasteiger partial charge in [0, 0.05) is 0 Å². The average molecular weight is 353 g/mol. The highest BCUT2D eigenvalue weighted by molar-refractivity contribution is 7.87. The van der Waals surface area contributed by atoms with Gasteiger partial charge in [-0.15, -0.1) is 0 Å². The Hall–Kier alpha value is -1.14. The van der Waals surface area contributed by atoms with Crippen molar-refractivity contribution in [1.29, 1.82) is 0 Å². The molecular formula is C12H8Cl3NO3S. The topological polar surface area (TPSA) is 69.4 Å². The number of nitrogen functional groups attached to an aromatic ring is 1. The molecule has 0 unspecified atom stereocenters. The van der Waals surface area contributed by atoms with Crippen LogP contribution in [-0.4, -0.2) is 8.42 Å². The molecule has 4 nitrogen and oxygen atoms in total. The van der Waals surface area contributed by atoms with Gasteiger partial charge in [-0.3, -0.25) is 0 Å². The number of benzene rings is 2. The summed E-state index contributed by atoms with van der Waals surface area (Å²) in [5.74, 6) is -0.00168. The SMILES string of the molecule is Nc1cc(Cl)c(S(=O)(=O)Oc2ccccc2Cl)cc1Cl. The Morgan fingerprint density at radius 3 is 2.25 bits per heavy atom. The lowest BCUT2D eigenvalue weighted by Crippen LogP contribution is -2.11. The quantitative estimate of drug-likeness (QED) is 0.669. The molecule has 0 spiro atoms. The first-order valence-electron chi connectivity index (χ1n) is 5.25. The first-order valence-corrected chi connectivity index (χ1v) is 7.79. The van der Waals surface area contributed by atoms with Gasteiger partial charge >= 0.3 is 10.1 Å². The van der Waals surface area contributed by atoms with Crippen molar-refractivity contribution >= 4 is 50.6 Å². The fourth-order valence-corrected chi connectivity index (χ4v) is 3.35. The Morgan fingerprint density at radius 2 is 1.60 bits per heavy atom. The van der Waals surface area contributed by atoms with E-state index in [1.54, 1.807) is 12.1 Å². The van der Waals surface area contributed by atoms with Crippen LogP contribution in [0.25, 0.3) is 0 Å². The predicted molar refractivity (Wildman–Crippen MR) is 80.1 cm³/mol. The van der Waals surface area contributed by atoms with E-state index < -0.39 is 10.1 Å². The zero-order valence-corrected chi connectivity index (χ0v) is 12.9.